The van der Waals surface area contributed by atoms with Gasteiger partial charge in [-0.1, -0.05) is 43.2 Å². The van der Waals surface area contributed by atoms with Crippen LogP contribution in [0.4, 0.5) is 4.79 Å². The second kappa shape index (κ2) is 16.4. The van der Waals surface area contributed by atoms with Crippen LogP contribution < -0.4 is 25.4 Å². The number of cyclic esters (lactones) is 1. The third-order valence-electron chi connectivity index (χ3n) is 10.6. The van der Waals surface area contributed by atoms with E-state index in [9.17, 15) is 32.4 Å². The van der Waals surface area contributed by atoms with Gasteiger partial charge in [0.15, 0.2) is 0 Å². The van der Waals surface area contributed by atoms with Gasteiger partial charge in [-0.2, -0.15) is 0 Å². The average molecular weight is 779 g/mol. The lowest BCUT2D eigenvalue weighted by Crippen LogP contribution is -2.58. The molecule has 2 aromatic rings. The molecule has 5 atom stereocenters. The Hall–Kier alpha value is -5.03. The largest absolute Gasteiger partial charge is 0.491 e. The van der Waals surface area contributed by atoms with Crippen molar-refractivity contribution in [3.05, 3.63) is 60.3 Å². The SMILES string of the molecule is O=C1N[C@H]2CCCCC/C=C\[C@@H]3CC3(C(=O)NS(=O)(=O)C3CC3)NC(=O)[C@@H]3C[C@H](CN3C2=O)NC(=O)c2cccc(n2)-c2cccc(c2)OCCOCCO1. The van der Waals surface area contributed by atoms with Crippen molar-refractivity contribution >= 4 is 39.7 Å². The van der Waals surface area contributed by atoms with Crippen LogP contribution in [-0.2, 0) is 33.9 Å². The maximum atomic E-state index is 14.4. The van der Waals surface area contributed by atoms with E-state index in [4.69, 9.17) is 14.2 Å². The summed E-state index contributed by atoms with van der Waals surface area (Å²) in [5.74, 6) is -2.47. The van der Waals surface area contributed by atoms with E-state index >= 15 is 0 Å². The fraction of sp³-hybridized carbons (Fsp3) is 0.526. The van der Waals surface area contributed by atoms with Gasteiger partial charge in [0.1, 0.15) is 42.3 Å². The molecule has 17 heteroatoms. The summed E-state index contributed by atoms with van der Waals surface area (Å²) >= 11 is 0. The molecule has 5 amide bonds. The second-order valence-electron chi connectivity index (χ2n) is 14.7. The molecule has 3 aliphatic heterocycles. The molecule has 5 aliphatic rings. The number of rotatable bonds is 3. The van der Waals surface area contributed by atoms with Gasteiger partial charge in [-0.3, -0.25) is 23.9 Å². The van der Waals surface area contributed by atoms with Crippen molar-refractivity contribution in [1.82, 2.24) is 30.6 Å². The van der Waals surface area contributed by atoms with E-state index in [1.165, 1.54) is 4.90 Å². The summed E-state index contributed by atoms with van der Waals surface area (Å²) < 4.78 is 44.5. The van der Waals surface area contributed by atoms with E-state index in [0.717, 1.165) is 12.8 Å². The molecule has 1 aromatic heterocycles. The van der Waals surface area contributed by atoms with Gasteiger partial charge in [-0.05, 0) is 69.2 Å². The summed E-state index contributed by atoms with van der Waals surface area (Å²) in [6.45, 7) is 0.380. The summed E-state index contributed by atoms with van der Waals surface area (Å²) in [5, 5.41) is 7.78. The van der Waals surface area contributed by atoms with Crippen molar-refractivity contribution in [2.24, 2.45) is 5.92 Å². The van der Waals surface area contributed by atoms with Gasteiger partial charge in [0.05, 0.1) is 24.2 Å². The fourth-order valence-corrected chi connectivity index (χ4v) is 8.69. The van der Waals surface area contributed by atoms with E-state index in [2.05, 4.69) is 25.7 Å². The number of carbonyl (C=O) groups is 5. The number of nitrogens with zero attached hydrogens (tertiary/aromatic N) is 2. The molecule has 4 heterocycles. The number of alkyl carbamates (subject to hydrolysis) is 1. The van der Waals surface area contributed by atoms with Gasteiger partial charge in [-0.15, -0.1) is 0 Å². The number of pyridine rings is 1. The number of hydrogen-bond acceptors (Lipinski definition) is 11. The molecule has 16 nitrogen and oxygen atoms in total. The van der Waals surface area contributed by atoms with Crippen molar-refractivity contribution in [3.8, 4) is 17.0 Å². The molecule has 55 heavy (non-hydrogen) atoms. The molecule has 2 saturated carbocycles. The molecular weight excluding hydrogens is 733 g/mol. The van der Waals surface area contributed by atoms with Gasteiger partial charge >= 0.3 is 6.09 Å². The third kappa shape index (κ3) is 9.10. The molecule has 1 unspecified atom stereocenters. The number of amides is 5. The molecule has 7 rings (SSSR count). The number of sulfonamides is 1. The van der Waals surface area contributed by atoms with Crippen LogP contribution in [0.2, 0.25) is 0 Å². The molecule has 4 N–H and O–H groups in total. The zero-order valence-electron chi connectivity index (χ0n) is 30.4. The molecule has 1 saturated heterocycles. The predicted octanol–water partition coefficient (Wildman–Crippen LogP) is 1.96. The summed E-state index contributed by atoms with van der Waals surface area (Å²) in [7, 11) is -3.91. The van der Waals surface area contributed by atoms with Crippen molar-refractivity contribution < 1.29 is 46.6 Å². The lowest BCUT2D eigenvalue weighted by Gasteiger charge is -2.30. The highest BCUT2D eigenvalue weighted by atomic mass is 32.2. The lowest BCUT2D eigenvalue weighted by atomic mass is 10.0. The minimum absolute atomic E-state index is 0.0184. The first-order valence-corrected chi connectivity index (χ1v) is 20.4. The van der Waals surface area contributed by atoms with Gasteiger partial charge in [0.25, 0.3) is 11.8 Å². The minimum Gasteiger partial charge on any atom is -0.491 e. The number of aromatic nitrogens is 1. The van der Waals surface area contributed by atoms with E-state index in [1.54, 1.807) is 36.4 Å². The Bertz CT molecular complexity index is 1950. The number of nitrogens with one attached hydrogen (secondary N) is 4. The highest BCUT2D eigenvalue weighted by Gasteiger charge is 2.62. The van der Waals surface area contributed by atoms with Gasteiger partial charge in [-0.25, -0.2) is 18.2 Å². The number of fused-ring (bicyclic) bond motifs is 8. The number of benzene rings is 1. The average Bonchev–Trinajstić information content (AvgIpc) is 4.10. The normalized spacial score (nSPS) is 28.8. The molecular formula is C38H46N6O10S. The third-order valence-corrected chi connectivity index (χ3v) is 12.4. The molecule has 1 aromatic carbocycles. The molecule has 7 bridgehead atoms. The predicted molar refractivity (Wildman–Crippen MR) is 197 cm³/mol. The standard InChI is InChI=1S/C38H46N6O10S/c45-33-30-13-7-12-29(40-30)24-8-6-10-27(20-24)53-18-16-52-17-19-54-37(49)41-31-11-5-3-1-2-4-9-25-22-38(25,36(48)43-55(50,51)28-14-15-28)42-34(46)32-21-26(39-33)23-44(32)35(31)47/h4,6-10,12-13,20,25-26,28,31-32H,1-3,5,11,14-19,21-23H2,(H,39,45)(H,41,49)(H,42,46)(H,43,48)/b9-4-/t25-,26-,31+,32+,38?/m1/s1. The molecule has 0 radical (unpaired) electrons. The first kappa shape index (κ1) is 38.3. The van der Waals surface area contributed by atoms with Crippen molar-refractivity contribution in [2.75, 3.05) is 33.0 Å². The van der Waals surface area contributed by atoms with Crippen LogP contribution in [0.15, 0.2) is 54.6 Å². The van der Waals surface area contributed by atoms with E-state index < -0.39 is 74.6 Å². The summed E-state index contributed by atoms with van der Waals surface area (Å²) in [5.41, 5.74) is -0.183. The second-order valence-corrected chi connectivity index (χ2v) is 16.6. The van der Waals surface area contributed by atoms with Crippen LogP contribution in [0.5, 0.6) is 5.75 Å². The molecule has 3 fully saturated rings. The topological polar surface area (TPSA) is 211 Å². The summed E-state index contributed by atoms with van der Waals surface area (Å²) in [6.07, 6.45) is 6.99. The molecule has 2 aliphatic carbocycles. The van der Waals surface area contributed by atoms with Gasteiger partial charge in [0, 0.05) is 24.1 Å². The Morgan fingerprint density at radius 1 is 0.909 bits per heavy atom. The first-order chi connectivity index (χ1) is 26.5. The monoisotopic (exact) mass is 778 g/mol. The van der Waals surface area contributed by atoms with Gasteiger partial charge in [0.2, 0.25) is 21.8 Å². The van der Waals surface area contributed by atoms with Crippen molar-refractivity contribution in [3.63, 3.8) is 0 Å². The Kier molecular flexibility index (Phi) is 11.4. The Balaban J connectivity index is 1.18. The number of ether oxygens (including phenoxy) is 3. The number of carbonyl (C=O) groups excluding carboxylic acids is 5. The fourth-order valence-electron chi connectivity index (χ4n) is 7.33. The molecule has 0 spiro atoms. The maximum absolute atomic E-state index is 14.4. The summed E-state index contributed by atoms with van der Waals surface area (Å²) in [4.78, 5) is 74.9. The van der Waals surface area contributed by atoms with E-state index in [0.29, 0.717) is 42.7 Å². The number of hydrogen-bond donors (Lipinski definition) is 4. The van der Waals surface area contributed by atoms with Crippen LogP contribution in [0, 0.1) is 5.92 Å². The van der Waals surface area contributed by atoms with Crippen molar-refractivity contribution in [1.29, 1.82) is 0 Å². The Morgan fingerprint density at radius 2 is 1.69 bits per heavy atom. The van der Waals surface area contributed by atoms with Gasteiger partial charge < -0.3 is 35.1 Å². The van der Waals surface area contributed by atoms with Crippen LogP contribution in [0.1, 0.15) is 68.3 Å². The van der Waals surface area contributed by atoms with Crippen molar-refractivity contribution in [2.45, 2.75) is 86.7 Å². The van der Waals surface area contributed by atoms with E-state index in [-0.39, 0.29) is 57.9 Å². The smallest absolute Gasteiger partial charge is 0.407 e. The Morgan fingerprint density at radius 3 is 2.51 bits per heavy atom. The van der Waals surface area contributed by atoms with Crippen LogP contribution in [0.25, 0.3) is 11.3 Å². The first-order valence-electron chi connectivity index (χ1n) is 18.9. The number of allylic oxidation sites excluding steroid dienone is 1. The van der Waals surface area contributed by atoms with Crippen LogP contribution >= 0.6 is 0 Å². The lowest BCUT2D eigenvalue weighted by molar-refractivity contribution is -0.141. The zero-order valence-corrected chi connectivity index (χ0v) is 31.2. The van der Waals surface area contributed by atoms with Crippen LogP contribution in [0.3, 0.4) is 0 Å². The van der Waals surface area contributed by atoms with Crippen LogP contribution in [-0.4, -0.2) is 110 Å². The summed E-state index contributed by atoms with van der Waals surface area (Å²) in [6, 6.07) is 9.31. The highest BCUT2D eigenvalue weighted by molar-refractivity contribution is 7.91. The zero-order chi connectivity index (χ0) is 38.6. The minimum atomic E-state index is -3.91. The Labute approximate surface area is 319 Å². The molecule has 294 valence electrons. The highest BCUT2D eigenvalue weighted by Crippen LogP contribution is 2.46. The maximum Gasteiger partial charge on any atom is 0.407 e. The van der Waals surface area contributed by atoms with E-state index in [1.807, 2.05) is 18.2 Å². The quantitative estimate of drug-likeness (QED) is 0.331.